The maximum atomic E-state index is 4.75. The Labute approximate surface area is 148 Å². The van der Waals surface area contributed by atoms with Gasteiger partial charge in [-0.15, -0.1) is 0 Å². The molecule has 3 aliphatic rings. The maximum Gasteiger partial charge on any atom is 0.157 e. The smallest absolute Gasteiger partial charge is 0.157 e. The molecule has 0 aliphatic carbocycles. The van der Waals surface area contributed by atoms with Crippen LogP contribution in [0.1, 0.15) is 12.1 Å². The normalized spacial score (nSPS) is 23.5. The zero-order valence-electron chi connectivity index (χ0n) is 13.1. The number of anilines is 1. The highest BCUT2D eigenvalue weighted by Gasteiger charge is 2.45. The van der Waals surface area contributed by atoms with Crippen molar-refractivity contribution in [3.63, 3.8) is 0 Å². The Morgan fingerprint density at radius 1 is 1.12 bits per heavy atom. The van der Waals surface area contributed by atoms with Gasteiger partial charge in [0.15, 0.2) is 5.65 Å². The molecule has 0 spiro atoms. The number of piperazine rings is 1. The molecule has 0 N–H and O–H groups in total. The van der Waals surface area contributed by atoms with Gasteiger partial charge in [0, 0.05) is 54.7 Å². The second-order valence-corrected chi connectivity index (χ2v) is 7.45. The summed E-state index contributed by atoms with van der Waals surface area (Å²) in [7, 11) is 0. The van der Waals surface area contributed by atoms with Gasteiger partial charge < -0.3 is 4.90 Å². The minimum absolute atomic E-state index is 0.553. The third-order valence-electron chi connectivity index (χ3n) is 4.95. The SMILES string of the molecule is Brc1ccc(CN2CC3CC(C2)N3c2ccn3nccc3n2)nc1. The van der Waals surface area contributed by atoms with Crippen LogP contribution in [0.4, 0.5) is 5.82 Å². The van der Waals surface area contributed by atoms with Gasteiger partial charge in [-0.05, 0) is 40.5 Å². The number of fused-ring (bicyclic) bond motifs is 3. The lowest BCUT2D eigenvalue weighted by molar-refractivity contribution is 0.106. The molecule has 2 atom stereocenters. The highest BCUT2D eigenvalue weighted by atomic mass is 79.9. The molecule has 2 bridgehead atoms. The Balaban J connectivity index is 1.30. The molecule has 0 radical (unpaired) electrons. The minimum atomic E-state index is 0.553. The van der Waals surface area contributed by atoms with Crippen LogP contribution in [0.2, 0.25) is 0 Å². The van der Waals surface area contributed by atoms with Crippen LogP contribution in [-0.4, -0.2) is 49.7 Å². The van der Waals surface area contributed by atoms with E-state index in [4.69, 9.17) is 4.98 Å². The summed E-state index contributed by atoms with van der Waals surface area (Å²) in [5, 5.41) is 4.22. The molecule has 3 saturated heterocycles. The fourth-order valence-electron chi connectivity index (χ4n) is 3.88. The number of piperidine rings is 1. The number of hydrogen-bond donors (Lipinski definition) is 0. The number of halogens is 1. The quantitative estimate of drug-likeness (QED) is 0.693. The van der Waals surface area contributed by atoms with E-state index in [9.17, 15) is 0 Å². The predicted molar refractivity (Wildman–Crippen MR) is 94.9 cm³/mol. The van der Waals surface area contributed by atoms with Gasteiger partial charge in [-0.1, -0.05) is 0 Å². The fourth-order valence-corrected chi connectivity index (χ4v) is 4.11. The van der Waals surface area contributed by atoms with Crippen molar-refractivity contribution in [3.05, 3.63) is 53.0 Å². The first-order valence-electron chi connectivity index (χ1n) is 8.18. The minimum Gasteiger partial charge on any atom is -0.348 e. The molecular formula is C17H17BrN6. The molecule has 6 heterocycles. The number of nitrogens with zero attached hydrogens (tertiary/aromatic N) is 6. The molecule has 0 amide bonds. The van der Waals surface area contributed by atoms with E-state index in [1.807, 2.05) is 23.0 Å². The van der Waals surface area contributed by atoms with Crippen LogP contribution in [0.5, 0.6) is 0 Å². The van der Waals surface area contributed by atoms with Crippen molar-refractivity contribution in [1.29, 1.82) is 0 Å². The molecule has 24 heavy (non-hydrogen) atoms. The summed E-state index contributed by atoms with van der Waals surface area (Å²) in [6.45, 7) is 3.06. The zero-order chi connectivity index (χ0) is 16.1. The van der Waals surface area contributed by atoms with Crippen molar-refractivity contribution < 1.29 is 0 Å². The Morgan fingerprint density at radius 2 is 2.00 bits per heavy atom. The molecule has 0 saturated carbocycles. The lowest BCUT2D eigenvalue weighted by atomic mass is 9.87. The van der Waals surface area contributed by atoms with Crippen LogP contribution in [0.15, 0.2) is 47.3 Å². The lowest BCUT2D eigenvalue weighted by Gasteiger charge is -2.57. The Morgan fingerprint density at radius 3 is 2.79 bits per heavy atom. The molecule has 2 unspecified atom stereocenters. The van der Waals surface area contributed by atoms with Gasteiger partial charge in [0.2, 0.25) is 0 Å². The van der Waals surface area contributed by atoms with Gasteiger partial charge in [-0.25, -0.2) is 9.50 Å². The first-order chi connectivity index (χ1) is 11.8. The molecule has 3 fully saturated rings. The van der Waals surface area contributed by atoms with Gasteiger partial charge in [0.1, 0.15) is 5.82 Å². The monoisotopic (exact) mass is 384 g/mol. The van der Waals surface area contributed by atoms with E-state index in [2.05, 4.69) is 54.0 Å². The van der Waals surface area contributed by atoms with E-state index >= 15 is 0 Å². The van der Waals surface area contributed by atoms with Crippen molar-refractivity contribution in [2.75, 3.05) is 18.0 Å². The predicted octanol–water partition coefficient (Wildman–Crippen LogP) is 2.35. The summed E-state index contributed by atoms with van der Waals surface area (Å²) in [6.07, 6.45) is 6.92. The molecule has 3 aliphatic heterocycles. The summed E-state index contributed by atoms with van der Waals surface area (Å²) >= 11 is 3.44. The van der Waals surface area contributed by atoms with Crippen molar-refractivity contribution in [1.82, 2.24) is 24.5 Å². The molecule has 6 nitrogen and oxygen atoms in total. The van der Waals surface area contributed by atoms with Crippen LogP contribution in [0.3, 0.4) is 0 Å². The second kappa shape index (κ2) is 5.53. The van der Waals surface area contributed by atoms with E-state index in [1.54, 1.807) is 6.20 Å². The van der Waals surface area contributed by atoms with E-state index in [1.165, 1.54) is 6.42 Å². The molecule has 0 aromatic carbocycles. The number of rotatable bonds is 3. The molecule has 122 valence electrons. The van der Waals surface area contributed by atoms with Gasteiger partial charge >= 0.3 is 0 Å². The largest absolute Gasteiger partial charge is 0.348 e. The van der Waals surface area contributed by atoms with E-state index in [-0.39, 0.29) is 0 Å². The van der Waals surface area contributed by atoms with Gasteiger partial charge in [-0.3, -0.25) is 9.88 Å². The average Bonchev–Trinajstić information content (AvgIpc) is 3.05. The average molecular weight is 385 g/mol. The van der Waals surface area contributed by atoms with Gasteiger partial charge in [-0.2, -0.15) is 5.10 Å². The second-order valence-electron chi connectivity index (χ2n) is 6.53. The van der Waals surface area contributed by atoms with Crippen LogP contribution in [0, 0.1) is 0 Å². The fraction of sp³-hybridized carbons (Fsp3) is 0.353. The third kappa shape index (κ3) is 2.39. The molecule has 6 rings (SSSR count). The summed E-state index contributed by atoms with van der Waals surface area (Å²) in [5.74, 6) is 1.07. The Hall–Kier alpha value is -1.99. The van der Waals surface area contributed by atoms with E-state index in [0.717, 1.165) is 41.3 Å². The molecule has 3 aromatic rings. The maximum absolute atomic E-state index is 4.75. The summed E-state index contributed by atoms with van der Waals surface area (Å²) in [6, 6.07) is 9.28. The van der Waals surface area contributed by atoms with Crippen molar-refractivity contribution in [2.45, 2.75) is 25.0 Å². The first-order valence-corrected chi connectivity index (χ1v) is 8.97. The van der Waals surface area contributed by atoms with Crippen LogP contribution in [0.25, 0.3) is 5.65 Å². The summed E-state index contributed by atoms with van der Waals surface area (Å²) in [4.78, 5) is 14.2. The molecule has 7 heteroatoms. The van der Waals surface area contributed by atoms with Gasteiger partial charge in [0.05, 0.1) is 11.9 Å². The van der Waals surface area contributed by atoms with E-state index in [0.29, 0.717) is 12.1 Å². The summed E-state index contributed by atoms with van der Waals surface area (Å²) < 4.78 is 2.84. The molecule has 3 aromatic heterocycles. The summed E-state index contributed by atoms with van der Waals surface area (Å²) in [5.41, 5.74) is 2.04. The van der Waals surface area contributed by atoms with Crippen LogP contribution in [-0.2, 0) is 6.54 Å². The van der Waals surface area contributed by atoms with Gasteiger partial charge in [0.25, 0.3) is 0 Å². The number of hydrogen-bond acceptors (Lipinski definition) is 5. The lowest BCUT2D eigenvalue weighted by Crippen LogP contribution is -2.69. The van der Waals surface area contributed by atoms with Crippen molar-refractivity contribution in [3.8, 4) is 0 Å². The van der Waals surface area contributed by atoms with Crippen molar-refractivity contribution >= 4 is 27.4 Å². The standard InChI is InChI=1S/C17H17BrN6/c18-12-1-2-13(19-8-12)9-22-10-14-7-15(11-22)24(14)17-4-6-23-16(21-17)3-5-20-23/h1-6,8,14-15H,7,9-11H2. The highest BCUT2D eigenvalue weighted by Crippen LogP contribution is 2.36. The Bertz CT molecular complexity index is 864. The number of pyridine rings is 1. The van der Waals surface area contributed by atoms with Crippen LogP contribution >= 0.6 is 15.9 Å². The van der Waals surface area contributed by atoms with E-state index < -0.39 is 0 Å². The number of aromatic nitrogens is 4. The Kier molecular flexibility index (Phi) is 3.31. The third-order valence-corrected chi connectivity index (χ3v) is 5.42. The molecular weight excluding hydrogens is 368 g/mol. The van der Waals surface area contributed by atoms with Crippen LogP contribution < -0.4 is 4.90 Å². The topological polar surface area (TPSA) is 49.6 Å². The first kappa shape index (κ1) is 14.4. The highest BCUT2D eigenvalue weighted by molar-refractivity contribution is 9.10. The van der Waals surface area contributed by atoms with Crippen molar-refractivity contribution in [2.24, 2.45) is 0 Å². The zero-order valence-corrected chi connectivity index (χ0v) is 14.7.